The van der Waals surface area contributed by atoms with Crippen LogP contribution in [0.25, 0.3) is 10.9 Å². The highest BCUT2D eigenvalue weighted by Crippen LogP contribution is 2.33. The Hall–Kier alpha value is -3.43. The molecule has 0 amide bonds. The van der Waals surface area contributed by atoms with Crippen LogP contribution >= 0.6 is 0 Å². The SMILES string of the molecule is CNC1CCC(Nc2cccc3c2cc(C#CCNc2ccc(S(C)(=O)=O)cc2OC)n3CC(F)(F)F)C(F)C1. The van der Waals surface area contributed by atoms with Crippen LogP contribution < -0.4 is 20.7 Å². The van der Waals surface area contributed by atoms with E-state index in [1.54, 1.807) is 31.3 Å². The Kier molecular flexibility index (Phi) is 8.85. The summed E-state index contributed by atoms with van der Waals surface area (Å²) in [6.45, 7) is -1.16. The lowest BCUT2D eigenvalue weighted by atomic mass is 9.89. The summed E-state index contributed by atoms with van der Waals surface area (Å²) in [4.78, 5) is 0.0937. The normalized spacial score (nSPS) is 19.6. The zero-order valence-electron chi connectivity index (χ0n) is 22.4. The molecular weight excluding hydrogens is 548 g/mol. The number of halogens is 4. The van der Waals surface area contributed by atoms with Gasteiger partial charge in [-0.05, 0) is 62.6 Å². The molecule has 0 aliphatic heterocycles. The number of fused-ring (bicyclic) bond motifs is 1. The van der Waals surface area contributed by atoms with Crippen LogP contribution in [0.4, 0.5) is 28.9 Å². The quantitative estimate of drug-likeness (QED) is 0.258. The van der Waals surface area contributed by atoms with Gasteiger partial charge >= 0.3 is 6.18 Å². The molecule has 3 N–H and O–H groups in total. The van der Waals surface area contributed by atoms with E-state index >= 15 is 0 Å². The van der Waals surface area contributed by atoms with Gasteiger partial charge in [0.2, 0.25) is 0 Å². The van der Waals surface area contributed by atoms with Gasteiger partial charge in [-0.15, -0.1) is 0 Å². The molecule has 12 heteroatoms. The van der Waals surface area contributed by atoms with Crippen LogP contribution in [0, 0.1) is 11.8 Å². The summed E-state index contributed by atoms with van der Waals surface area (Å²) in [6.07, 6.45) is -2.72. The fourth-order valence-electron chi connectivity index (χ4n) is 4.93. The molecule has 3 unspecified atom stereocenters. The molecule has 2 aromatic carbocycles. The summed E-state index contributed by atoms with van der Waals surface area (Å²) in [5, 5.41) is 9.87. The Morgan fingerprint density at radius 2 is 1.90 bits per heavy atom. The second-order valence-electron chi connectivity index (χ2n) is 9.82. The molecule has 1 saturated carbocycles. The average molecular weight is 581 g/mol. The third-order valence-electron chi connectivity index (χ3n) is 6.99. The third kappa shape index (κ3) is 7.01. The highest BCUT2D eigenvalue weighted by atomic mass is 32.2. The van der Waals surface area contributed by atoms with Crippen molar-refractivity contribution in [3.8, 4) is 17.6 Å². The summed E-state index contributed by atoms with van der Waals surface area (Å²) in [5.41, 5.74) is 1.56. The number of methoxy groups -OCH3 is 1. The van der Waals surface area contributed by atoms with E-state index in [0.717, 1.165) is 17.2 Å². The molecule has 1 aromatic heterocycles. The number of anilines is 2. The summed E-state index contributed by atoms with van der Waals surface area (Å²) < 4.78 is 85.4. The van der Waals surface area contributed by atoms with Crippen LogP contribution in [0.3, 0.4) is 0 Å². The third-order valence-corrected chi connectivity index (χ3v) is 8.10. The van der Waals surface area contributed by atoms with E-state index in [4.69, 9.17) is 4.74 Å². The largest absolute Gasteiger partial charge is 0.495 e. The second-order valence-corrected chi connectivity index (χ2v) is 11.8. The minimum atomic E-state index is -4.48. The summed E-state index contributed by atoms with van der Waals surface area (Å²) in [7, 11) is -0.221. The van der Waals surface area contributed by atoms with E-state index in [1.165, 1.54) is 25.3 Å². The topological polar surface area (TPSA) is 84.4 Å². The Balaban J connectivity index is 1.60. The molecule has 0 radical (unpaired) electrons. The molecule has 1 aliphatic rings. The number of rotatable bonds is 8. The lowest BCUT2D eigenvalue weighted by Crippen LogP contribution is -2.42. The van der Waals surface area contributed by atoms with Crippen molar-refractivity contribution in [2.24, 2.45) is 0 Å². The van der Waals surface area contributed by atoms with Crippen molar-refractivity contribution < 1.29 is 30.7 Å². The molecule has 7 nitrogen and oxygen atoms in total. The average Bonchev–Trinajstić information content (AvgIpc) is 3.23. The fourth-order valence-corrected chi connectivity index (χ4v) is 5.56. The van der Waals surface area contributed by atoms with Crippen LogP contribution in [0.5, 0.6) is 5.75 Å². The second kappa shape index (κ2) is 12.0. The Morgan fingerprint density at radius 3 is 2.55 bits per heavy atom. The Morgan fingerprint density at radius 1 is 1.12 bits per heavy atom. The number of hydrogen-bond acceptors (Lipinski definition) is 6. The van der Waals surface area contributed by atoms with Crippen molar-refractivity contribution in [3.05, 3.63) is 48.2 Å². The first kappa shape index (κ1) is 29.6. The van der Waals surface area contributed by atoms with Crippen LogP contribution in [0.2, 0.25) is 0 Å². The van der Waals surface area contributed by atoms with E-state index in [2.05, 4.69) is 27.8 Å². The summed E-state index contributed by atoms with van der Waals surface area (Å²) in [5.74, 6) is 5.96. The van der Waals surface area contributed by atoms with Crippen LogP contribution in [0.15, 0.2) is 47.4 Å². The van der Waals surface area contributed by atoms with Gasteiger partial charge in [-0.3, -0.25) is 0 Å². The zero-order chi connectivity index (χ0) is 29.1. The molecule has 3 aromatic rings. The molecule has 4 rings (SSSR count). The molecule has 0 bridgehead atoms. The van der Waals surface area contributed by atoms with Gasteiger partial charge in [0.05, 0.1) is 41.5 Å². The monoisotopic (exact) mass is 580 g/mol. The van der Waals surface area contributed by atoms with E-state index in [-0.39, 0.29) is 23.2 Å². The van der Waals surface area contributed by atoms with Gasteiger partial charge in [0.1, 0.15) is 18.5 Å². The van der Waals surface area contributed by atoms with Gasteiger partial charge in [0, 0.05) is 29.4 Å². The highest BCUT2D eigenvalue weighted by molar-refractivity contribution is 7.90. The predicted octanol–water partition coefficient (Wildman–Crippen LogP) is 4.97. The van der Waals surface area contributed by atoms with E-state index in [0.29, 0.717) is 40.9 Å². The molecule has 1 fully saturated rings. The summed E-state index contributed by atoms with van der Waals surface area (Å²) >= 11 is 0. The van der Waals surface area contributed by atoms with Crippen LogP contribution in [-0.2, 0) is 16.4 Å². The van der Waals surface area contributed by atoms with Crippen LogP contribution in [0.1, 0.15) is 25.0 Å². The highest BCUT2D eigenvalue weighted by Gasteiger charge is 2.32. The van der Waals surface area contributed by atoms with Crippen LogP contribution in [-0.4, -0.2) is 64.4 Å². The van der Waals surface area contributed by atoms with Gasteiger partial charge in [-0.2, -0.15) is 13.2 Å². The van der Waals surface area contributed by atoms with Crippen molar-refractivity contribution in [3.63, 3.8) is 0 Å². The van der Waals surface area contributed by atoms with Gasteiger partial charge in [0.25, 0.3) is 0 Å². The molecule has 0 spiro atoms. The molecule has 1 heterocycles. The first-order valence-corrected chi connectivity index (χ1v) is 14.7. The minimum Gasteiger partial charge on any atom is -0.495 e. The van der Waals surface area contributed by atoms with Gasteiger partial charge in [-0.1, -0.05) is 12.0 Å². The van der Waals surface area contributed by atoms with E-state index < -0.39 is 34.8 Å². The lowest BCUT2D eigenvalue weighted by molar-refractivity contribution is -0.140. The molecule has 216 valence electrons. The van der Waals surface area contributed by atoms with Gasteiger partial charge in [-0.25, -0.2) is 12.8 Å². The zero-order valence-corrected chi connectivity index (χ0v) is 23.2. The molecular formula is C28H32F4N4O3S. The fraction of sp³-hybridized carbons (Fsp3) is 0.429. The van der Waals surface area contributed by atoms with Gasteiger partial charge < -0.3 is 25.3 Å². The number of alkyl halides is 4. The number of ether oxygens (including phenoxy) is 1. The van der Waals surface area contributed by atoms with E-state index in [9.17, 15) is 26.0 Å². The van der Waals surface area contributed by atoms with Gasteiger partial charge in [0.15, 0.2) is 9.84 Å². The minimum absolute atomic E-state index is 0.0610. The van der Waals surface area contributed by atoms with Crippen molar-refractivity contribution in [2.45, 2.75) is 55.1 Å². The molecule has 3 atom stereocenters. The molecule has 40 heavy (non-hydrogen) atoms. The number of nitrogens with one attached hydrogen (secondary N) is 3. The first-order chi connectivity index (χ1) is 18.9. The van der Waals surface area contributed by atoms with E-state index in [1.807, 2.05) is 0 Å². The first-order valence-electron chi connectivity index (χ1n) is 12.8. The summed E-state index contributed by atoms with van der Waals surface area (Å²) in [6, 6.07) is 10.6. The maximum Gasteiger partial charge on any atom is 0.406 e. The number of hydrogen-bond donors (Lipinski definition) is 3. The van der Waals surface area contributed by atoms with Crippen molar-refractivity contribution in [1.29, 1.82) is 0 Å². The maximum absolute atomic E-state index is 14.8. The maximum atomic E-state index is 14.8. The number of sulfone groups is 1. The molecule has 1 aliphatic carbocycles. The number of aromatic nitrogens is 1. The van der Waals surface area contributed by atoms with Crippen molar-refractivity contribution in [2.75, 3.05) is 37.6 Å². The lowest BCUT2D eigenvalue weighted by Gasteiger charge is -2.32. The van der Waals surface area contributed by atoms with Crippen molar-refractivity contribution in [1.82, 2.24) is 9.88 Å². The predicted molar refractivity (Wildman–Crippen MR) is 148 cm³/mol. The Labute approximate surface area is 231 Å². The number of benzene rings is 2. The molecule has 0 saturated heterocycles. The Bertz CT molecular complexity index is 1530. The number of nitrogens with zero attached hydrogens (tertiary/aromatic N) is 1. The standard InChI is InChI=1S/C28H32F4N4O3S/c1-33-18-9-11-24(22(29)14-18)35-23-7-4-8-26-21(23)15-19(36(26)17-28(30,31)32)6-5-13-34-25-12-10-20(40(3,37)38)16-27(25)39-2/h4,7-8,10,12,15-16,18,22,24,33-35H,9,11,13-14,17H2,1-3H3. The van der Waals surface area contributed by atoms with Crippen molar-refractivity contribution >= 4 is 32.1 Å². The smallest absolute Gasteiger partial charge is 0.406 e.